The van der Waals surface area contributed by atoms with Gasteiger partial charge in [-0.25, -0.2) is 4.98 Å². The summed E-state index contributed by atoms with van der Waals surface area (Å²) < 4.78 is 5.76. The van der Waals surface area contributed by atoms with Gasteiger partial charge in [-0.05, 0) is 25.2 Å². The number of hydrogen-bond acceptors (Lipinski definition) is 4. The van der Waals surface area contributed by atoms with Crippen molar-refractivity contribution < 1.29 is 9.53 Å². The van der Waals surface area contributed by atoms with Crippen LogP contribution in [0, 0.1) is 24.7 Å². The lowest BCUT2D eigenvalue weighted by Crippen LogP contribution is -2.43. The Morgan fingerprint density at radius 2 is 2.13 bits per heavy atom. The minimum atomic E-state index is -0.190. The van der Waals surface area contributed by atoms with Crippen molar-refractivity contribution in [2.45, 2.75) is 51.6 Å². The fourth-order valence-corrected chi connectivity index (χ4v) is 4.33. The highest BCUT2D eigenvalue weighted by Crippen LogP contribution is 2.50. The van der Waals surface area contributed by atoms with Crippen LogP contribution in [0.5, 0.6) is 0 Å². The molecule has 0 unspecified atom stereocenters. The summed E-state index contributed by atoms with van der Waals surface area (Å²) in [6, 6.07) is 0. The van der Waals surface area contributed by atoms with Crippen molar-refractivity contribution in [3.63, 3.8) is 0 Å². The average Bonchev–Trinajstić information content (AvgIpc) is 3.29. The van der Waals surface area contributed by atoms with Crippen LogP contribution >= 0.6 is 0 Å². The molecule has 2 heterocycles. The first-order chi connectivity index (χ1) is 11.2. The Morgan fingerprint density at radius 3 is 2.87 bits per heavy atom. The molecule has 6 heteroatoms. The van der Waals surface area contributed by atoms with Gasteiger partial charge in [0.25, 0.3) is 0 Å². The molecule has 0 radical (unpaired) electrons. The SMILES string of the molecule is Cc1nc([C@@H]2CN(C(=O)[C@@H]3C[C@H]3C3CCCCC3)CCO2)n[nH]1. The quantitative estimate of drug-likeness (QED) is 0.928. The van der Waals surface area contributed by atoms with E-state index in [-0.39, 0.29) is 12.0 Å². The van der Waals surface area contributed by atoms with Gasteiger partial charge in [-0.15, -0.1) is 0 Å². The Bertz CT molecular complexity index is 567. The maximum absolute atomic E-state index is 12.8. The average molecular weight is 318 g/mol. The highest BCUT2D eigenvalue weighted by molar-refractivity contribution is 5.81. The Hall–Kier alpha value is -1.43. The predicted molar refractivity (Wildman–Crippen MR) is 84.6 cm³/mol. The second-order valence-electron chi connectivity index (χ2n) is 7.33. The second kappa shape index (κ2) is 6.23. The van der Waals surface area contributed by atoms with E-state index in [1.807, 2.05) is 11.8 Å². The first-order valence-electron chi connectivity index (χ1n) is 9.01. The molecule has 3 atom stereocenters. The summed E-state index contributed by atoms with van der Waals surface area (Å²) in [4.78, 5) is 19.1. The highest BCUT2D eigenvalue weighted by Gasteiger charge is 2.49. The number of morpholine rings is 1. The van der Waals surface area contributed by atoms with E-state index < -0.39 is 0 Å². The molecule has 1 saturated heterocycles. The van der Waals surface area contributed by atoms with Crippen molar-refractivity contribution in [2.24, 2.45) is 17.8 Å². The molecule has 1 N–H and O–H groups in total. The molecule has 4 rings (SSSR count). The number of nitrogens with zero attached hydrogens (tertiary/aromatic N) is 3. The van der Waals surface area contributed by atoms with Gasteiger partial charge in [-0.1, -0.05) is 32.1 Å². The first-order valence-corrected chi connectivity index (χ1v) is 9.01. The molecule has 3 aliphatic rings. The molecule has 126 valence electrons. The van der Waals surface area contributed by atoms with Gasteiger partial charge in [0, 0.05) is 12.5 Å². The van der Waals surface area contributed by atoms with E-state index in [1.54, 1.807) is 0 Å². The number of amides is 1. The van der Waals surface area contributed by atoms with E-state index in [0.29, 0.717) is 37.3 Å². The number of nitrogens with one attached hydrogen (secondary N) is 1. The number of ether oxygens (including phenoxy) is 1. The highest BCUT2D eigenvalue weighted by atomic mass is 16.5. The summed E-state index contributed by atoms with van der Waals surface area (Å²) in [5, 5.41) is 7.03. The van der Waals surface area contributed by atoms with Crippen LogP contribution in [0.1, 0.15) is 56.3 Å². The van der Waals surface area contributed by atoms with Crippen LogP contribution in [0.15, 0.2) is 0 Å². The lowest BCUT2D eigenvalue weighted by molar-refractivity contribution is -0.141. The predicted octanol–water partition coefficient (Wildman–Crippen LogP) is 2.23. The lowest BCUT2D eigenvalue weighted by atomic mass is 9.85. The van der Waals surface area contributed by atoms with Crippen molar-refractivity contribution in [3.8, 4) is 0 Å². The number of aryl methyl sites for hydroxylation is 1. The van der Waals surface area contributed by atoms with Crippen LogP contribution in [-0.2, 0) is 9.53 Å². The van der Waals surface area contributed by atoms with Crippen LogP contribution in [0.25, 0.3) is 0 Å². The molecule has 0 bridgehead atoms. The second-order valence-corrected chi connectivity index (χ2v) is 7.33. The molecule has 1 aromatic rings. The van der Waals surface area contributed by atoms with Gasteiger partial charge in [0.2, 0.25) is 5.91 Å². The maximum atomic E-state index is 12.8. The van der Waals surface area contributed by atoms with Gasteiger partial charge >= 0.3 is 0 Å². The molecule has 0 spiro atoms. The van der Waals surface area contributed by atoms with Gasteiger partial charge in [0.1, 0.15) is 11.9 Å². The Kier molecular flexibility index (Phi) is 4.09. The molecule has 2 aliphatic carbocycles. The number of aromatic nitrogens is 3. The number of rotatable bonds is 3. The number of carbonyl (C=O) groups is 1. The zero-order valence-electron chi connectivity index (χ0n) is 13.8. The zero-order valence-corrected chi connectivity index (χ0v) is 13.8. The van der Waals surface area contributed by atoms with Crippen molar-refractivity contribution >= 4 is 5.91 Å². The van der Waals surface area contributed by atoms with Gasteiger partial charge in [0.05, 0.1) is 13.2 Å². The first kappa shape index (κ1) is 15.1. The van der Waals surface area contributed by atoms with Crippen LogP contribution < -0.4 is 0 Å². The molecule has 23 heavy (non-hydrogen) atoms. The minimum Gasteiger partial charge on any atom is -0.366 e. The van der Waals surface area contributed by atoms with Gasteiger partial charge in [-0.3, -0.25) is 9.89 Å². The molecule has 1 aromatic heterocycles. The molecule has 0 aromatic carbocycles. The van der Waals surface area contributed by atoms with E-state index in [0.717, 1.165) is 18.2 Å². The van der Waals surface area contributed by atoms with Crippen molar-refractivity contribution in [2.75, 3.05) is 19.7 Å². The molecule has 1 aliphatic heterocycles. The van der Waals surface area contributed by atoms with Crippen molar-refractivity contribution in [1.29, 1.82) is 0 Å². The van der Waals surface area contributed by atoms with Gasteiger partial charge < -0.3 is 9.64 Å². The summed E-state index contributed by atoms with van der Waals surface area (Å²) >= 11 is 0. The van der Waals surface area contributed by atoms with Gasteiger partial charge in [-0.2, -0.15) is 5.10 Å². The monoisotopic (exact) mass is 318 g/mol. The largest absolute Gasteiger partial charge is 0.366 e. The van der Waals surface area contributed by atoms with Crippen LogP contribution in [0.2, 0.25) is 0 Å². The molecular formula is C17H26N4O2. The third kappa shape index (κ3) is 3.13. The van der Waals surface area contributed by atoms with Crippen LogP contribution in [0.3, 0.4) is 0 Å². The van der Waals surface area contributed by atoms with E-state index in [2.05, 4.69) is 15.2 Å². The number of hydrogen-bond donors (Lipinski definition) is 1. The fourth-order valence-electron chi connectivity index (χ4n) is 4.33. The van der Waals surface area contributed by atoms with E-state index in [4.69, 9.17) is 4.74 Å². The van der Waals surface area contributed by atoms with Gasteiger partial charge in [0.15, 0.2) is 5.82 Å². The molecule has 1 amide bonds. The normalized spacial score (nSPS) is 32.0. The summed E-state index contributed by atoms with van der Waals surface area (Å²) in [6.07, 6.45) is 7.66. The number of carbonyl (C=O) groups excluding carboxylic acids is 1. The lowest BCUT2D eigenvalue weighted by Gasteiger charge is -2.32. The summed E-state index contributed by atoms with van der Waals surface area (Å²) in [5.74, 6) is 3.50. The van der Waals surface area contributed by atoms with Crippen molar-refractivity contribution in [1.82, 2.24) is 20.1 Å². The van der Waals surface area contributed by atoms with Crippen molar-refractivity contribution in [3.05, 3.63) is 11.6 Å². The topological polar surface area (TPSA) is 71.1 Å². The molecule has 3 fully saturated rings. The fraction of sp³-hybridized carbons (Fsp3) is 0.824. The zero-order chi connectivity index (χ0) is 15.8. The smallest absolute Gasteiger partial charge is 0.226 e. The Balaban J connectivity index is 1.35. The third-order valence-corrected chi connectivity index (χ3v) is 5.69. The Morgan fingerprint density at radius 1 is 1.30 bits per heavy atom. The number of H-pyrrole nitrogens is 1. The standard InChI is InChI=1S/C17H26N4O2/c1-11-18-16(20-19-11)15-10-21(7-8-23-15)17(22)14-9-13(14)12-5-3-2-4-6-12/h12-15H,2-10H2,1H3,(H,18,19,20)/t13-,14+,15-/m0/s1. The maximum Gasteiger partial charge on any atom is 0.226 e. The Labute approximate surface area is 137 Å². The van der Waals surface area contributed by atoms with E-state index in [1.165, 1.54) is 32.1 Å². The molecule has 2 saturated carbocycles. The summed E-state index contributed by atoms with van der Waals surface area (Å²) in [5.41, 5.74) is 0. The minimum absolute atomic E-state index is 0.190. The summed E-state index contributed by atoms with van der Waals surface area (Å²) in [7, 11) is 0. The number of aromatic amines is 1. The van der Waals surface area contributed by atoms with E-state index in [9.17, 15) is 4.79 Å². The van der Waals surface area contributed by atoms with Crippen LogP contribution in [0.4, 0.5) is 0 Å². The van der Waals surface area contributed by atoms with Crippen LogP contribution in [-0.4, -0.2) is 45.7 Å². The third-order valence-electron chi connectivity index (χ3n) is 5.69. The molecule has 6 nitrogen and oxygen atoms in total. The summed E-state index contributed by atoms with van der Waals surface area (Å²) in [6.45, 7) is 3.74. The molecular weight excluding hydrogens is 292 g/mol. The van der Waals surface area contributed by atoms with E-state index >= 15 is 0 Å².